The highest BCUT2D eigenvalue weighted by Crippen LogP contribution is 2.42. The fourth-order valence-corrected chi connectivity index (χ4v) is 2.25. The van der Waals surface area contributed by atoms with Crippen molar-refractivity contribution in [2.24, 2.45) is 5.41 Å². The molecule has 1 heterocycles. The summed E-state index contributed by atoms with van der Waals surface area (Å²) in [6.07, 6.45) is 10.3. The summed E-state index contributed by atoms with van der Waals surface area (Å²) in [5.74, 6) is 0. The first-order valence-electron chi connectivity index (χ1n) is 4.64. The van der Waals surface area contributed by atoms with E-state index in [0.29, 0.717) is 5.41 Å². The molecule has 1 aliphatic carbocycles. The molecule has 2 rings (SSSR count). The highest BCUT2D eigenvalue weighted by molar-refractivity contribution is 5.04. The fourth-order valence-electron chi connectivity index (χ4n) is 2.25. The lowest BCUT2D eigenvalue weighted by molar-refractivity contribution is 0.134. The zero-order chi connectivity index (χ0) is 7.73. The van der Waals surface area contributed by atoms with Gasteiger partial charge in [0.2, 0.25) is 0 Å². The third kappa shape index (κ3) is 1.34. The van der Waals surface area contributed by atoms with Crippen molar-refractivity contribution < 1.29 is 0 Å². The number of piperidine rings is 1. The lowest BCUT2D eigenvalue weighted by Crippen LogP contribution is -2.36. The maximum atomic E-state index is 2.45. The summed E-state index contributed by atoms with van der Waals surface area (Å²) < 4.78 is 0. The molecule has 0 saturated carbocycles. The first-order valence-corrected chi connectivity index (χ1v) is 4.64. The van der Waals surface area contributed by atoms with Crippen molar-refractivity contribution in [2.45, 2.75) is 25.7 Å². The van der Waals surface area contributed by atoms with Gasteiger partial charge in [0.15, 0.2) is 0 Å². The van der Waals surface area contributed by atoms with Gasteiger partial charge in [-0.2, -0.15) is 0 Å². The predicted molar refractivity (Wildman–Crippen MR) is 47.5 cm³/mol. The van der Waals surface area contributed by atoms with Crippen LogP contribution in [0, 0.1) is 5.41 Å². The number of rotatable bonds is 0. The molecule has 62 valence electrons. The fraction of sp³-hybridized carbons (Fsp3) is 0.800. The van der Waals surface area contributed by atoms with E-state index >= 15 is 0 Å². The number of likely N-dealkylation sites (tertiary alicyclic amines) is 1. The van der Waals surface area contributed by atoms with Crippen molar-refractivity contribution in [3.05, 3.63) is 12.2 Å². The summed E-state index contributed by atoms with van der Waals surface area (Å²) in [6, 6.07) is 0. The minimum atomic E-state index is 0.701. The smallest absolute Gasteiger partial charge is 0.00163 e. The number of nitrogens with zero attached hydrogens (tertiary/aromatic N) is 1. The molecular weight excluding hydrogens is 134 g/mol. The molecule has 0 atom stereocenters. The van der Waals surface area contributed by atoms with Crippen LogP contribution in [0.2, 0.25) is 0 Å². The molecule has 1 aliphatic heterocycles. The van der Waals surface area contributed by atoms with E-state index in [1.54, 1.807) is 0 Å². The number of hydrogen-bond donors (Lipinski definition) is 0. The third-order valence-electron chi connectivity index (χ3n) is 3.32. The minimum Gasteiger partial charge on any atom is -0.306 e. The van der Waals surface area contributed by atoms with Crippen LogP contribution in [0.4, 0.5) is 0 Å². The predicted octanol–water partition coefficient (Wildman–Crippen LogP) is 2.05. The van der Waals surface area contributed by atoms with Crippen molar-refractivity contribution in [3.8, 4) is 0 Å². The third-order valence-corrected chi connectivity index (χ3v) is 3.32. The highest BCUT2D eigenvalue weighted by atomic mass is 15.1. The highest BCUT2D eigenvalue weighted by Gasteiger charge is 2.33. The molecule has 0 N–H and O–H groups in total. The van der Waals surface area contributed by atoms with Gasteiger partial charge in [-0.3, -0.25) is 0 Å². The number of allylic oxidation sites excluding steroid dienone is 2. The molecular formula is C10H17N. The van der Waals surface area contributed by atoms with Gasteiger partial charge < -0.3 is 4.90 Å². The molecule has 11 heavy (non-hydrogen) atoms. The zero-order valence-corrected chi connectivity index (χ0v) is 7.34. The van der Waals surface area contributed by atoms with Crippen molar-refractivity contribution in [3.63, 3.8) is 0 Å². The summed E-state index contributed by atoms with van der Waals surface area (Å²) in [7, 11) is 2.23. The van der Waals surface area contributed by atoms with Gasteiger partial charge in [-0.15, -0.1) is 0 Å². The molecule has 2 aliphatic rings. The van der Waals surface area contributed by atoms with Crippen molar-refractivity contribution in [1.82, 2.24) is 4.90 Å². The van der Waals surface area contributed by atoms with E-state index in [4.69, 9.17) is 0 Å². The van der Waals surface area contributed by atoms with Crippen LogP contribution in [-0.4, -0.2) is 25.0 Å². The van der Waals surface area contributed by atoms with E-state index in [0.717, 1.165) is 0 Å². The van der Waals surface area contributed by atoms with E-state index in [2.05, 4.69) is 24.1 Å². The normalized spacial score (nSPS) is 29.9. The van der Waals surface area contributed by atoms with Crippen molar-refractivity contribution >= 4 is 0 Å². The second kappa shape index (κ2) is 2.63. The molecule has 1 saturated heterocycles. The van der Waals surface area contributed by atoms with Crippen molar-refractivity contribution in [1.29, 1.82) is 0 Å². The Morgan fingerprint density at radius 2 is 1.64 bits per heavy atom. The summed E-state index contributed by atoms with van der Waals surface area (Å²) in [5.41, 5.74) is 0.701. The Balaban J connectivity index is 1.96. The monoisotopic (exact) mass is 151 g/mol. The summed E-state index contributed by atoms with van der Waals surface area (Å²) in [6.45, 7) is 2.61. The Kier molecular flexibility index (Phi) is 1.76. The van der Waals surface area contributed by atoms with Crippen molar-refractivity contribution in [2.75, 3.05) is 20.1 Å². The molecule has 1 spiro atoms. The van der Waals surface area contributed by atoms with E-state index in [-0.39, 0.29) is 0 Å². The first kappa shape index (κ1) is 7.35. The molecule has 0 unspecified atom stereocenters. The van der Waals surface area contributed by atoms with Crippen LogP contribution in [-0.2, 0) is 0 Å². The lowest BCUT2D eigenvalue weighted by atomic mass is 9.76. The van der Waals surface area contributed by atoms with Crippen LogP contribution >= 0.6 is 0 Å². The molecule has 1 fully saturated rings. The van der Waals surface area contributed by atoms with Gasteiger partial charge in [-0.1, -0.05) is 12.2 Å². The van der Waals surface area contributed by atoms with Gasteiger partial charge in [0.1, 0.15) is 0 Å². The Labute approximate surface area is 69.1 Å². The summed E-state index contributed by atoms with van der Waals surface area (Å²) in [5, 5.41) is 0. The van der Waals surface area contributed by atoms with Crippen LogP contribution < -0.4 is 0 Å². The quantitative estimate of drug-likeness (QED) is 0.479. The largest absolute Gasteiger partial charge is 0.306 e. The average Bonchev–Trinajstić information content (AvgIpc) is 2.45. The first-order chi connectivity index (χ1) is 5.31. The second-order valence-corrected chi connectivity index (χ2v) is 4.18. The van der Waals surface area contributed by atoms with E-state index in [9.17, 15) is 0 Å². The maximum Gasteiger partial charge on any atom is -0.00163 e. The Morgan fingerprint density at radius 1 is 1.09 bits per heavy atom. The summed E-state index contributed by atoms with van der Waals surface area (Å²) in [4.78, 5) is 2.45. The minimum absolute atomic E-state index is 0.701. The lowest BCUT2D eigenvalue weighted by Gasteiger charge is -2.37. The molecule has 0 aromatic rings. The van der Waals surface area contributed by atoms with Gasteiger partial charge >= 0.3 is 0 Å². The van der Waals surface area contributed by atoms with Gasteiger partial charge in [0.25, 0.3) is 0 Å². The molecule has 0 aromatic carbocycles. The Bertz CT molecular complexity index is 154. The molecule has 0 amide bonds. The van der Waals surface area contributed by atoms with Crippen LogP contribution in [0.15, 0.2) is 12.2 Å². The van der Waals surface area contributed by atoms with E-state index in [1.807, 2.05) is 0 Å². The average molecular weight is 151 g/mol. The molecule has 0 aromatic heterocycles. The summed E-state index contributed by atoms with van der Waals surface area (Å²) >= 11 is 0. The second-order valence-electron chi connectivity index (χ2n) is 4.18. The molecule has 1 nitrogen and oxygen atoms in total. The zero-order valence-electron chi connectivity index (χ0n) is 7.34. The van der Waals surface area contributed by atoms with Crippen LogP contribution in [0.1, 0.15) is 25.7 Å². The topological polar surface area (TPSA) is 3.24 Å². The van der Waals surface area contributed by atoms with Gasteiger partial charge in [0.05, 0.1) is 0 Å². The molecule has 1 heteroatoms. The standard InChI is InChI=1S/C10H17N/c1-11-8-6-10(7-9-11)4-2-3-5-10/h2-3H,4-9H2,1H3. The Hall–Kier alpha value is -0.300. The maximum absolute atomic E-state index is 2.45. The Morgan fingerprint density at radius 3 is 2.18 bits per heavy atom. The molecule has 0 bridgehead atoms. The van der Waals surface area contributed by atoms with Gasteiger partial charge in [0, 0.05) is 0 Å². The van der Waals surface area contributed by atoms with Crippen LogP contribution in [0.5, 0.6) is 0 Å². The van der Waals surface area contributed by atoms with E-state index < -0.39 is 0 Å². The van der Waals surface area contributed by atoms with Crippen LogP contribution in [0.3, 0.4) is 0 Å². The SMILES string of the molecule is CN1CCC2(CC=CC2)CC1. The van der Waals surface area contributed by atoms with E-state index in [1.165, 1.54) is 38.8 Å². The number of hydrogen-bond acceptors (Lipinski definition) is 1. The molecule has 0 radical (unpaired) electrons. The van der Waals surface area contributed by atoms with Gasteiger partial charge in [-0.25, -0.2) is 0 Å². The van der Waals surface area contributed by atoms with Gasteiger partial charge in [-0.05, 0) is 51.2 Å². The van der Waals surface area contributed by atoms with Crippen LogP contribution in [0.25, 0.3) is 0 Å².